The second-order valence-corrected chi connectivity index (χ2v) is 5.81. The molecule has 0 saturated carbocycles. The Balaban J connectivity index is 2.83. The van der Waals surface area contributed by atoms with Gasteiger partial charge in [0.05, 0.1) is 9.21 Å². The Morgan fingerprint density at radius 3 is 2.55 bits per heavy atom. The highest BCUT2D eigenvalue weighted by Crippen LogP contribution is 2.23. The summed E-state index contributed by atoms with van der Waals surface area (Å²) >= 11 is 6.86. The molecule has 1 rings (SSSR count). The molecule has 8 heteroatoms. The van der Waals surface area contributed by atoms with Gasteiger partial charge in [-0.05, 0) is 19.1 Å². The number of nitrogens with one attached hydrogen (secondary N) is 1. The Bertz CT molecular complexity index is 517. The maximum absolute atomic E-state index is 12.3. The number of rotatable bonds is 6. The minimum atomic E-state index is -1.11. The molecule has 0 spiro atoms. The van der Waals surface area contributed by atoms with Crippen molar-refractivity contribution in [1.82, 2.24) is 10.2 Å². The first-order valence-electron chi connectivity index (χ1n) is 5.86. The maximum atomic E-state index is 12.3. The Kier molecular flexibility index (Phi) is 5.97. The highest BCUT2D eigenvalue weighted by molar-refractivity contribution is 7.17. The first-order valence-corrected chi connectivity index (χ1v) is 7.06. The molecular formula is C12H15ClN2O4S. The summed E-state index contributed by atoms with van der Waals surface area (Å²) in [6, 6.07) is 2.14. The predicted molar refractivity (Wildman–Crippen MR) is 76.1 cm³/mol. The number of hydrogen-bond donors (Lipinski definition) is 2. The zero-order valence-electron chi connectivity index (χ0n) is 11.1. The topological polar surface area (TPSA) is 86.7 Å². The molecule has 0 fully saturated rings. The average Bonchev–Trinajstić information content (AvgIpc) is 2.79. The van der Waals surface area contributed by atoms with Crippen molar-refractivity contribution < 1.29 is 19.5 Å². The van der Waals surface area contributed by atoms with Crippen LogP contribution in [-0.4, -0.2) is 46.9 Å². The van der Waals surface area contributed by atoms with Gasteiger partial charge in [-0.3, -0.25) is 9.59 Å². The van der Waals surface area contributed by atoms with Crippen LogP contribution in [0.1, 0.15) is 23.5 Å². The van der Waals surface area contributed by atoms with E-state index < -0.39 is 17.9 Å². The third kappa shape index (κ3) is 4.50. The smallest absolute Gasteiger partial charge is 0.326 e. The third-order valence-corrected chi connectivity index (χ3v) is 3.82. The van der Waals surface area contributed by atoms with Crippen molar-refractivity contribution >= 4 is 40.7 Å². The van der Waals surface area contributed by atoms with Crippen molar-refractivity contribution in [2.75, 3.05) is 13.1 Å². The minimum absolute atomic E-state index is 0.112. The molecule has 0 aromatic carbocycles. The van der Waals surface area contributed by atoms with Crippen molar-refractivity contribution in [2.24, 2.45) is 0 Å². The molecule has 2 amide bonds. The summed E-state index contributed by atoms with van der Waals surface area (Å²) in [5.74, 6) is -1.76. The number of amides is 2. The lowest BCUT2D eigenvalue weighted by Crippen LogP contribution is -2.46. The quantitative estimate of drug-likeness (QED) is 0.831. The first-order chi connectivity index (χ1) is 9.32. The Labute approximate surface area is 125 Å². The van der Waals surface area contributed by atoms with Crippen molar-refractivity contribution in [3.8, 4) is 0 Å². The van der Waals surface area contributed by atoms with E-state index in [0.717, 1.165) is 11.3 Å². The van der Waals surface area contributed by atoms with Gasteiger partial charge < -0.3 is 15.3 Å². The van der Waals surface area contributed by atoms with Gasteiger partial charge >= 0.3 is 5.97 Å². The van der Waals surface area contributed by atoms with Crippen molar-refractivity contribution in [3.63, 3.8) is 0 Å². The number of halogens is 1. The van der Waals surface area contributed by atoms with Gasteiger partial charge in [-0.2, -0.15) is 0 Å². The van der Waals surface area contributed by atoms with E-state index in [1.807, 2.05) is 0 Å². The average molecular weight is 319 g/mol. The lowest BCUT2D eigenvalue weighted by molar-refractivity contribution is -0.141. The number of hydrogen-bond acceptors (Lipinski definition) is 4. The molecule has 0 radical (unpaired) electrons. The van der Waals surface area contributed by atoms with Crippen molar-refractivity contribution in [3.05, 3.63) is 21.3 Å². The zero-order chi connectivity index (χ0) is 15.3. The van der Waals surface area contributed by atoms with E-state index in [1.54, 1.807) is 12.1 Å². The zero-order valence-corrected chi connectivity index (χ0v) is 12.6. The second kappa shape index (κ2) is 7.25. The monoisotopic (exact) mass is 318 g/mol. The molecular weight excluding hydrogens is 304 g/mol. The summed E-state index contributed by atoms with van der Waals surface area (Å²) in [7, 11) is 0. The Morgan fingerprint density at radius 2 is 2.10 bits per heavy atom. The van der Waals surface area contributed by atoms with Crippen LogP contribution in [0.15, 0.2) is 12.1 Å². The van der Waals surface area contributed by atoms with Crippen LogP contribution in [0.3, 0.4) is 0 Å². The van der Waals surface area contributed by atoms with Gasteiger partial charge in [0.25, 0.3) is 5.91 Å². The first kappa shape index (κ1) is 16.5. The molecule has 6 nitrogen and oxygen atoms in total. The summed E-state index contributed by atoms with van der Waals surface area (Å²) in [5.41, 5.74) is 0. The second-order valence-electron chi connectivity index (χ2n) is 4.10. The molecule has 20 heavy (non-hydrogen) atoms. The van der Waals surface area contributed by atoms with Crippen LogP contribution >= 0.6 is 22.9 Å². The number of aliphatic carboxylic acids is 1. The third-order valence-electron chi connectivity index (χ3n) is 2.60. The van der Waals surface area contributed by atoms with Crippen LogP contribution in [0.4, 0.5) is 0 Å². The number of carbonyl (C=O) groups is 3. The summed E-state index contributed by atoms with van der Waals surface area (Å²) < 4.78 is 0.457. The maximum Gasteiger partial charge on any atom is 0.326 e. The molecule has 0 bridgehead atoms. The van der Waals surface area contributed by atoms with Crippen LogP contribution in [0.25, 0.3) is 0 Å². The van der Waals surface area contributed by atoms with Crippen LogP contribution in [0, 0.1) is 0 Å². The SMILES string of the molecule is CC(=O)NCCN(C(=O)c1ccc(Cl)s1)C(C)C(=O)O. The molecule has 1 heterocycles. The number of carboxylic acids is 1. The molecule has 1 unspecified atom stereocenters. The van der Waals surface area contributed by atoms with Gasteiger partial charge in [-0.15, -0.1) is 11.3 Å². The Morgan fingerprint density at radius 1 is 1.45 bits per heavy atom. The van der Waals surface area contributed by atoms with E-state index in [1.165, 1.54) is 18.7 Å². The largest absolute Gasteiger partial charge is 0.480 e. The van der Waals surface area contributed by atoms with Gasteiger partial charge in [0.1, 0.15) is 6.04 Å². The summed E-state index contributed by atoms with van der Waals surface area (Å²) in [4.78, 5) is 35.7. The lowest BCUT2D eigenvalue weighted by atomic mass is 10.2. The normalized spacial score (nSPS) is 11.8. The predicted octanol–water partition coefficient (Wildman–Crippen LogP) is 1.45. The van der Waals surface area contributed by atoms with E-state index in [0.29, 0.717) is 9.21 Å². The van der Waals surface area contributed by atoms with E-state index in [-0.39, 0.29) is 19.0 Å². The minimum Gasteiger partial charge on any atom is -0.480 e. The lowest BCUT2D eigenvalue weighted by Gasteiger charge is -2.26. The summed E-state index contributed by atoms with van der Waals surface area (Å²) in [6.45, 7) is 3.08. The fourth-order valence-corrected chi connectivity index (χ4v) is 2.53. The van der Waals surface area contributed by atoms with Crippen LogP contribution in [-0.2, 0) is 9.59 Å². The molecule has 0 aliphatic rings. The number of nitrogens with zero attached hydrogens (tertiary/aromatic N) is 1. The van der Waals surface area contributed by atoms with Crippen LogP contribution in [0.5, 0.6) is 0 Å². The van der Waals surface area contributed by atoms with Crippen molar-refractivity contribution in [1.29, 1.82) is 0 Å². The van der Waals surface area contributed by atoms with Gasteiger partial charge in [-0.25, -0.2) is 4.79 Å². The van der Waals surface area contributed by atoms with E-state index in [9.17, 15) is 14.4 Å². The van der Waals surface area contributed by atoms with Gasteiger partial charge in [0, 0.05) is 20.0 Å². The van der Waals surface area contributed by atoms with E-state index >= 15 is 0 Å². The molecule has 110 valence electrons. The highest BCUT2D eigenvalue weighted by atomic mass is 35.5. The molecule has 1 aromatic heterocycles. The van der Waals surface area contributed by atoms with Crippen molar-refractivity contribution in [2.45, 2.75) is 19.9 Å². The van der Waals surface area contributed by atoms with E-state index in [2.05, 4.69) is 5.32 Å². The molecule has 1 atom stereocenters. The number of carboxylic acid groups (broad SMARTS) is 1. The summed E-state index contributed by atoms with van der Waals surface area (Å²) in [5, 5.41) is 11.6. The fraction of sp³-hybridized carbons (Fsp3) is 0.417. The standard InChI is InChI=1S/C12H15ClN2O4S/c1-7(12(18)19)15(6-5-14-8(2)16)11(17)9-3-4-10(13)20-9/h3-4,7H,5-6H2,1-2H3,(H,14,16)(H,18,19). The van der Waals surface area contributed by atoms with Crippen LogP contribution in [0.2, 0.25) is 4.34 Å². The van der Waals surface area contributed by atoms with Gasteiger partial charge in [-0.1, -0.05) is 11.6 Å². The molecule has 2 N–H and O–H groups in total. The molecule has 1 aromatic rings. The highest BCUT2D eigenvalue weighted by Gasteiger charge is 2.27. The number of thiophene rings is 1. The summed E-state index contributed by atoms with van der Waals surface area (Å²) in [6.07, 6.45) is 0. The number of carbonyl (C=O) groups excluding carboxylic acids is 2. The molecule has 0 aliphatic carbocycles. The molecule has 0 saturated heterocycles. The molecule has 0 aliphatic heterocycles. The van der Waals surface area contributed by atoms with E-state index in [4.69, 9.17) is 16.7 Å². The van der Waals surface area contributed by atoms with Crippen LogP contribution < -0.4 is 5.32 Å². The van der Waals surface area contributed by atoms with Gasteiger partial charge in [0.2, 0.25) is 5.91 Å². The fourth-order valence-electron chi connectivity index (χ4n) is 1.53. The Hall–Kier alpha value is -1.60. The van der Waals surface area contributed by atoms with Gasteiger partial charge in [0.15, 0.2) is 0 Å².